The maximum atomic E-state index is 13.0. The molecule has 2 rings (SSSR count). The van der Waals surface area contributed by atoms with Crippen LogP contribution in [0.2, 0.25) is 0 Å². The number of hydrogen-bond acceptors (Lipinski definition) is 5. The van der Waals surface area contributed by atoms with Gasteiger partial charge < -0.3 is 14.2 Å². The number of ether oxygens (including phenoxy) is 3. The van der Waals surface area contributed by atoms with Crippen LogP contribution in [0.3, 0.4) is 0 Å². The average Bonchev–Trinajstić information content (AvgIpc) is 2.64. The Morgan fingerprint density at radius 1 is 1.04 bits per heavy atom. The van der Waals surface area contributed by atoms with Crippen molar-refractivity contribution in [2.75, 3.05) is 20.8 Å². The minimum atomic E-state index is -0.593. The van der Waals surface area contributed by atoms with Gasteiger partial charge in [0.15, 0.2) is 6.61 Å². The van der Waals surface area contributed by atoms with Crippen LogP contribution in [-0.4, -0.2) is 32.6 Å². The highest BCUT2D eigenvalue weighted by molar-refractivity contribution is 9.10. The van der Waals surface area contributed by atoms with Crippen molar-refractivity contribution in [3.63, 3.8) is 0 Å². The van der Waals surface area contributed by atoms with Gasteiger partial charge in [0.05, 0.1) is 18.7 Å². The number of carbonyl (C=O) groups excluding carboxylic acids is 2. The van der Waals surface area contributed by atoms with E-state index in [1.807, 2.05) is 0 Å². The molecule has 0 bridgehead atoms. The number of hydrogen-bond donors (Lipinski definition) is 2. The summed E-state index contributed by atoms with van der Waals surface area (Å²) in [7, 11) is 2.92. The normalized spacial score (nSPS) is 10.0. The third kappa shape index (κ3) is 5.35. The second-order valence-corrected chi connectivity index (χ2v) is 5.82. The molecule has 2 N–H and O–H groups in total. The summed E-state index contributed by atoms with van der Waals surface area (Å²) in [5.74, 6) is -0.418. The summed E-state index contributed by atoms with van der Waals surface area (Å²) in [6.45, 7) is -0.369. The van der Waals surface area contributed by atoms with Gasteiger partial charge in [0.1, 0.15) is 23.1 Å². The number of benzene rings is 2. The number of halogens is 2. The van der Waals surface area contributed by atoms with Gasteiger partial charge >= 0.3 is 0 Å². The molecule has 0 heterocycles. The second kappa shape index (κ2) is 9.04. The summed E-state index contributed by atoms with van der Waals surface area (Å²) >= 11 is 3.13. The largest absolute Gasteiger partial charge is 0.497 e. The summed E-state index contributed by atoms with van der Waals surface area (Å²) in [5, 5.41) is 0. The first-order valence-corrected chi connectivity index (χ1v) is 8.12. The van der Waals surface area contributed by atoms with Gasteiger partial charge in [0.2, 0.25) is 0 Å². The van der Waals surface area contributed by atoms with E-state index in [4.69, 9.17) is 14.2 Å². The van der Waals surface area contributed by atoms with E-state index in [0.29, 0.717) is 21.7 Å². The molecule has 7 nitrogen and oxygen atoms in total. The highest BCUT2D eigenvalue weighted by atomic mass is 79.9. The molecular formula is C17H16BrFN2O5. The molecule has 0 aliphatic heterocycles. The molecule has 0 atom stereocenters. The van der Waals surface area contributed by atoms with E-state index in [1.54, 1.807) is 6.07 Å². The molecule has 26 heavy (non-hydrogen) atoms. The predicted octanol–water partition coefficient (Wildman–Crippen LogP) is 2.45. The molecule has 0 unspecified atom stereocenters. The number of amides is 2. The molecule has 0 saturated carbocycles. The Labute approximate surface area is 157 Å². The van der Waals surface area contributed by atoms with E-state index in [1.165, 1.54) is 44.6 Å². The smallest absolute Gasteiger partial charge is 0.276 e. The second-order valence-electron chi connectivity index (χ2n) is 4.97. The molecular weight excluding hydrogens is 411 g/mol. The van der Waals surface area contributed by atoms with Crippen LogP contribution in [-0.2, 0) is 4.79 Å². The summed E-state index contributed by atoms with van der Waals surface area (Å²) in [5.41, 5.74) is 4.72. The highest BCUT2D eigenvalue weighted by Gasteiger charge is 2.12. The van der Waals surface area contributed by atoms with Gasteiger partial charge in [-0.2, -0.15) is 0 Å². The monoisotopic (exact) mass is 426 g/mol. The fourth-order valence-electron chi connectivity index (χ4n) is 1.91. The van der Waals surface area contributed by atoms with Gasteiger partial charge in [-0.25, -0.2) is 4.39 Å². The Balaban J connectivity index is 1.89. The molecule has 2 amide bonds. The number of methoxy groups -OCH3 is 2. The van der Waals surface area contributed by atoms with Crippen LogP contribution in [0.5, 0.6) is 17.2 Å². The Morgan fingerprint density at radius 3 is 2.27 bits per heavy atom. The zero-order valence-corrected chi connectivity index (χ0v) is 15.6. The van der Waals surface area contributed by atoms with Crippen LogP contribution in [0.15, 0.2) is 40.9 Å². The van der Waals surface area contributed by atoms with Crippen molar-refractivity contribution in [3.8, 4) is 17.2 Å². The number of rotatable bonds is 6. The molecule has 0 saturated heterocycles. The first-order valence-electron chi connectivity index (χ1n) is 7.33. The Morgan fingerprint density at radius 2 is 1.69 bits per heavy atom. The lowest BCUT2D eigenvalue weighted by molar-refractivity contribution is -0.123. The molecule has 0 aliphatic carbocycles. The zero-order chi connectivity index (χ0) is 19.1. The van der Waals surface area contributed by atoms with Gasteiger partial charge in [-0.1, -0.05) is 0 Å². The molecule has 0 aliphatic rings. The number of nitrogens with one attached hydrogen (secondary N) is 2. The van der Waals surface area contributed by atoms with Crippen molar-refractivity contribution in [3.05, 3.63) is 52.3 Å². The predicted molar refractivity (Wildman–Crippen MR) is 94.7 cm³/mol. The topological polar surface area (TPSA) is 85.9 Å². The molecule has 2 aromatic rings. The van der Waals surface area contributed by atoms with E-state index >= 15 is 0 Å². The average molecular weight is 427 g/mol. The summed E-state index contributed by atoms with van der Waals surface area (Å²) in [4.78, 5) is 23.9. The lowest BCUT2D eigenvalue weighted by Crippen LogP contribution is -2.43. The Hall–Kier alpha value is -2.81. The van der Waals surface area contributed by atoms with Gasteiger partial charge in [-0.05, 0) is 46.3 Å². The Bertz CT molecular complexity index is 793. The maximum absolute atomic E-state index is 13.0. The van der Waals surface area contributed by atoms with Crippen LogP contribution >= 0.6 is 15.9 Å². The van der Waals surface area contributed by atoms with Crippen molar-refractivity contribution < 1.29 is 28.2 Å². The molecule has 0 radical (unpaired) electrons. The van der Waals surface area contributed by atoms with Gasteiger partial charge in [-0.15, -0.1) is 0 Å². The molecule has 9 heteroatoms. The first-order chi connectivity index (χ1) is 12.4. The third-order valence-electron chi connectivity index (χ3n) is 3.18. The van der Waals surface area contributed by atoms with Crippen LogP contribution in [0, 0.1) is 5.82 Å². The maximum Gasteiger partial charge on any atom is 0.276 e. The molecule has 0 fully saturated rings. The lowest BCUT2D eigenvalue weighted by Gasteiger charge is -2.11. The summed E-state index contributed by atoms with van der Waals surface area (Å²) < 4.78 is 28.8. The summed E-state index contributed by atoms with van der Waals surface area (Å²) in [6.07, 6.45) is 0. The molecule has 2 aromatic carbocycles. The van der Waals surface area contributed by atoms with Crippen molar-refractivity contribution in [2.24, 2.45) is 0 Å². The van der Waals surface area contributed by atoms with Crippen molar-refractivity contribution in [1.29, 1.82) is 0 Å². The summed E-state index contributed by atoms with van der Waals surface area (Å²) in [6, 6.07) is 8.41. The molecule has 0 spiro atoms. The van der Waals surface area contributed by atoms with Crippen LogP contribution in [0.1, 0.15) is 10.4 Å². The van der Waals surface area contributed by atoms with Gasteiger partial charge in [0.25, 0.3) is 11.8 Å². The minimum Gasteiger partial charge on any atom is -0.497 e. The van der Waals surface area contributed by atoms with Crippen molar-refractivity contribution >= 4 is 27.7 Å². The standard InChI is InChI=1S/C17H16BrFN2O5/c1-24-12-5-10(6-13(8-12)25-2)17(23)21-20-16(22)9-26-15-4-3-11(19)7-14(15)18/h3-8H,9H2,1-2H3,(H,20,22)(H,21,23). The Kier molecular flexibility index (Phi) is 6.79. The zero-order valence-electron chi connectivity index (χ0n) is 14.0. The fourth-order valence-corrected chi connectivity index (χ4v) is 2.37. The quantitative estimate of drug-likeness (QED) is 0.692. The van der Waals surface area contributed by atoms with E-state index < -0.39 is 17.6 Å². The minimum absolute atomic E-state index is 0.240. The van der Waals surface area contributed by atoms with Gasteiger partial charge in [0, 0.05) is 11.6 Å². The number of hydrazine groups is 1. The molecule has 138 valence electrons. The fraction of sp³-hybridized carbons (Fsp3) is 0.176. The SMILES string of the molecule is COc1cc(OC)cc(C(=O)NNC(=O)COc2ccc(F)cc2Br)c1. The van der Waals surface area contributed by atoms with Crippen LogP contribution in [0.25, 0.3) is 0 Å². The van der Waals surface area contributed by atoms with E-state index in [2.05, 4.69) is 26.8 Å². The third-order valence-corrected chi connectivity index (χ3v) is 3.80. The lowest BCUT2D eigenvalue weighted by atomic mass is 10.2. The van der Waals surface area contributed by atoms with E-state index in [-0.39, 0.29) is 12.2 Å². The molecule has 0 aromatic heterocycles. The first kappa shape index (κ1) is 19.5. The van der Waals surface area contributed by atoms with Crippen LogP contribution < -0.4 is 25.1 Å². The van der Waals surface area contributed by atoms with E-state index in [0.717, 1.165) is 0 Å². The number of carbonyl (C=O) groups is 2. The van der Waals surface area contributed by atoms with Crippen LogP contribution in [0.4, 0.5) is 4.39 Å². The van der Waals surface area contributed by atoms with E-state index in [9.17, 15) is 14.0 Å². The van der Waals surface area contributed by atoms with Crippen molar-refractivity contribution in [1.82, 2.24) is 10.9 Å². The van der Waals surface area contributed by atoms with Crippen molar-refractivity contribution in [2.45, 2.75) is 0 Å². The van der Waals surface area contributed by atoms with Gasteiger partial charge in [-0.3, -0.25) is 20.4 Å². The highest BCUT2D eigenvalue weighted by Crippen LogP contribution is 2.25.